The fraction of sp³-hybridized carbons (Fsp3) is 0.444. The van der Waals surface area contributed by atoms with Crippen LogP contribution in [0.2, 0.25) is 0 Å². The molecule has 5 nitrogen and oxygen atoms in total. The molecule has 0 bridgehead atoms. The molecular formula is C18H23N3O2S. The predicted octanol–water partition coefficient (Wildman–Crippen LogP) is 3.79. The van der Waals surface area contributed by atoms with Crippen molar-refractivity contribution in [2.45, 2.75) is 50.8 Å². The van der Waals surface area contributed by atoms with Crippen LogP contribution >= 0.6 is 11.8 Å². The van der Waals surface area contributed by atoms with E-state index in [1.165, 1.54) is 0 Å². The van der Waals surface area contributed by atoms with Gasteiger partial charge in [-0.05, 0) is 39.8 Å². The Morgan fingerprint density at radius 3 is 2.67 bits per heavy atom. The van der Waals surface area contributed by atoms with E-state index >= 15 is 0 Å². The standard InChI is InChI=1S/C18H23N3O2S/c1-12(23-13-8-6-5-7-9-13)17(22)19-16-14-10-24-11-15(14)20-21(16)18(2,3)4/h5-9,12H,10-11H2,1-4H3,(H,19,22)/t12-/m0/s1. The average Bonchev–Trinajstić information content (AvgIpc) is 3.10. The van der Waals surface area contributed by atoms with Gasteiger partial charge in [0.1, 0.15) is 11.6 Å². The normalized spacial score (nSPS) is 15.0. The monoisotopic (exact) mass is 345 g/mol. The van der Waals surface area contributed by atoms with Gasteiger partial charge in [0.25, 0.3) is 5.91 Å². The Hall–Kier alpha value is -1.95. The zero-order chi connectivity index (χ0) is 17.3. The Balaban J connectivity index is 1.79. The molecule has 1 aromatic heterocycles. The minimum atomic E-state index is -0.583. The number of fused-ring (bicyclic) bond motifs is 1. The average molecular weight is 345 g/mol. The Morgan fingerprint density at radius 1 is 1.29 bits per heavy atom. The summed E-state index contributed by atoms with van der Waals surface area (Å²) in [6.07, 6.45) is -0.583. The molecule has 128 valence electrons. The number of thioether (sulfide) groups is 1. The molecule has 1 aromatic carbocycles. The molecule has 0 saturated heterocycles. The van der Waals surface area contributed by atoms with Gasteiger partial charge in [0.2, 0.25) is 0 Å². The molecule has 0 radical (unpaired) electrons. The van der Waals surface area contributed by atoms with Crippen molar-refractivity contribution >= 4 is 23.5 Å². The maximum atomic E-state index is 12.6. The van der Waals surface area contributed by atoms with Gasteiger partial charge in [0, 0.05) is 17.1 Å². The number of ether oxygens (including phenoxy) is 1. The lowest BCUT2D eigenvalue weighted by Crippen LogP contribution is -2.33. The minimum absolute atomic E-state index is 0.163. The van der Waals surface area contributed by atoms with Gasteiger partial charge in [-0.25, -0.2) is 4.68 Å². The Morgan fingerprint density at radius 2 is 2.00 bits per heavy atom. The third-order valence-corrected chi connectivity index (χ3v) is 4.82. The van der Waals surface area contributed by atoms with Crippen molar-refractivity contribution in [1.29, 1.82) is 0 Å². The van der Waals surface area contributed by atoms with Crippen LogP contribution in [-0.4, -0.2) is 21.8 Å². The van der Waals surface area contributed by atoms with Gasteiger partial charge < -0.3 is 10.1 Å². The molecule has 24 heavy (non-hydrogen) atoms. The van der Waals surface area contributed by atoms with Gasteiger partial charge in [-0.2, -0.15) is 16.9 Å². The molecule has 0 aliphatic carbocycles. The van der Waals surface area contributed by atoms with E-state index in [1.54, 1.807) is 6.92 Å². The lowest BCUT2D eigenvalue weighted by molar-refractivity contribution is -0.122. The van der Waals surface area contributed by atoms with Crippen LogP contribution in [0.3, 0.4) is 0 Å². The van der Waals surface area contributed by atoms with Crippen molar-refractivity contribution in [2.75, 3.05) is 5.32 Å². The molecule has 1 aliphatic rings. The zero-order valence-electron chi connectivity index (χ0n) is 14.5. The Labute approximate surface area is 146 Å². The summed E-state index contributed by atoms with van der Waals surface area (Å²) in [5.41, 5.74) is 2.01. The summed E-state index contributed by atoms with van der Waals surface area (Å²) >= 11 is 1.82. The number of para-hydroxylation sites is 1. The van der Waals surface area contributed by atoms with Crippen molar-refractivity contribution in [3.05, 3.63) is 41.6 Å². The van der Waals surface area contributed by atoms with Crippen LogP contribution in [0.5, 0.6) is 5.75 Å². The van der Waals surface area contributed by atoms with Gasteiger partial charge in [-0.3, -0.25) is 4.79 Å². The fourth-order valence-corrected chi connectivity index (χ4v) is 3.64. The molecule has 0 saturated carbocycles. The molecule has 1 atom stereocenters. The van der Waals surface area contributed by atoms with E-state index in [-0.39, 0.29) is 11.4 Å². The Bertz CT molecular complexity index is 735. The first-order valence-corrected chi connectivity index (χ1v) is 9.23. The van der Waals surface area contributed by atoms with E-state index in [1.807, 2.05) is 46.8 Å². The number of hydrogen-bond acceptors (Lipinski definition) is 4. The van der Waals surface area contributed by atoms with Gasteiger partial charge in [-0.1, -0.05) is 18.2 Å². The van der Waals surface area contributed by atoms with Crippen LogP contribution in [-0.2, 0) is 21.8 Å². The summed E-state index contributed by atoms with van der Waals surface area (Å²) in [5.74, 6) is 3.11. The summed E-state index contributed by atoms with van der Waals surface area (Å²) in [7, 11) is 0. The maximum Gasteiger partial charge on any atom is 0.266 e. The molecule has 0 unspecified atom stereocenters. The van der Waals surface area contributed by atoms with Gasteiger partial charge >= 0.3 is 0 Å². The number of benzene rings is 1. The number of hydrogen-bond donors (Lipinski definition) is 1. The number of aromatic nitrogens is 2. The van der Waals surface area contributed by atoms with E-state index in [0.717, 1.165) is 28.6 Å². The van der Waals surface area contributed by atoms with Crippen LogP contribution in [0.1, 0.15) is 39.0 Å². The lowest BCUT2D eigenvalue weighted by atomic mass is 10.1. The molecule has 1 N–H and O–H groups in total. The number of carbonyl (C=O) groups is 1. The topological polar surface area (TPSA) is 56.1 Å². The van der Waals surface area contributed by atoms with Crippen molar-refractivity contribution in [2.24, 2.45) is 0 Å². The van der Waals surface area contributed by atoms with Crippen LogP contribution in [0.4, 0.5) is 5.82 Å². The first-order chi connectivity index (χ1) is 11.4. The summed E-state index contributed by atoms with van der Waals surface area (Å²) < 4.78 is 7.64. The number of anilines is 1. The number of amides is 1. The molecule has 0 fully saturated rings. The molecule has 6 heteroatoms. The van der Waals surface area contributed by atoms with Crippen LogP contribution in [0.25, 0.3) is 0 Å². The summed E-state index contributed by atoms with van der Waals surface area (Å²) in [6, 6.07) is 9.38. The third kappa shape index (κ3) is 3.43. The van der Waals surface area contributed by atoms with E-state index in [2.05, 4.69) is 26.1 Å². The quantitative estimate of drug-likeness (QED) is 0.916. The minimum Gasteiger partial charge on any atom is -0.481 e. The molecule has 1 aliphatic heterocycles. The van der Waals surface area contributed by atoms with Crippen molar-refractivity contribution in [1.82, 2.24) is 9.78 Å². The third-order valence-electron chi connectivity index (χ3n) is 3.85. The first kappa shape index (κ1) is 16.9. The highest BCUT2D eigenvalue weighted by Crippen LogP contribution is 2.37. The number of rotatable bonds is 4. The zero-order valence-corrected chi connectivity index (χ0v) is 15.3. The predicted molar refractivity (Wildman–Crippen MR) is 97.4 cm³/mol. The van der Waals surface area contributed by atoms with Gasteiger partial charge in [0.05, 0.1) is 11.2 Å². The second kappa shape index (κ2) is 6.51. The van der Waals surface area contributed by atoms with Gasteiger partial charge in [-0.15, -0.1) is 0 Å². The smallest absolute Gasteiger partial charge is 0.266 e. The highest BCUT2D eigenvalue weighted by atomic mass is 32.2. The molecule has 1 amide bonds. The largest absolute Gasteiger partial charge is 0.481 e. The lowest BCUT2D eigenvalue weighted by Gasteiger charge is -2.24. The number of nitrogens with one attached hydrogen (secondary N) is 1. The van der Waals surface area contributed by atoms with E-state index < -0.39 is 6.10 Å². The van der Waals surface area contributed by atoms with Crippen LogP contribution in [0.15, 0.2) is 30.3 Å². The molecule has 0 spiro atoms. The van der Waals surface area contributed by atoms with Crippen molar-refractivity contribution < 1.29 is 9.53 Å². The second-order valence-corrected chi connectivity index (χ2v) is 7.90. The fourth-order valence-electron chi connectivity index (χ4n) is 2.60. The summed E-state index contributed by atoms with van der Waals surface area (Å²) in [5, 5.41) is 7.74. The molecule has 2 aromatic rings. The van der Waals surface area contributed by atoms with Crippen molar-refractivity contribution in [3.63, 3.8) is 0 Å². The van der Waals surface area contributed by atoms with Crippen LogP contribution < -0.4 is 10.1 Å². The molecule has 3 rings (SSSR count). The Kier molecular flexibility index (Phi) is 4.58. The number of carbonyl (C=O) groups excluding carboxylic acids is 1. The van der Waals surface area contributed by atoms with E-state index in [0.29, 0.717) is 5.75 Å². The molecular weight excluding hydrogens is 322 g/mol. The van der Waals surface area contributed by atoms with Gasteiger partial charge in [0.15, 0.2) is 6.10 Å². The number of nitrogens with zero attached hydrogens (tertiary/aromatic N) is 2. The summed E-state index contributed by atoms with van der Waals surface area (Å²) in [4.78, 5) is 12.6. The first-order valence-electron chi connectivity index (χ1n) is 8.08. The summed E-state index contributed by atoms with van der Waals surface area (Å²) in [6.45, 7) is 8.01. The van der Waals surface area contributed by atoms with Crippen molar-refractivity contribution in [3.8, 4) is 5.75 Å². The second-order valence-electron chi connectivity index (χ2n) is 6.91. The van der Waals surface area contributed by atoms with Crippen LogP contribution in [0, 0.1) is 0 Å². The van der Waals surface area contributed by atoms with E-state index in [9.17, 15) is 4.79 Å². The molecule has 2 heterocycles. The highest BCUT2D eigenvalue weighted by molar-refractivity contribution is 7.98. The maximum absolute atomic E-state index is 12.6. The highest BCUT2D eigenvalue weighted by Gasteiger charge is 2.29. The van der Waals surface area contributed by atoms with E-state index in [4.69, 9.17) is 9.84 Å². The SMILES string of the molecule is C[C@H](Oc1ccccc1)C(=O)Nc1c2c(nn1C(C)(C)C)CSC2.